The zero-order valence-corrected chi connectivity index (χ0v) is 14.6. The number of alkyl halides is 3. The minimum atomic E-state index is -4.63. The van der Waals surface area contributed by atoms with E-state index in [4.69, 9.17) is 0 Å². The summed E-state index contributed by atoms with van der Waals surface area (Å²) in [5, 5.41) is 6.83. The Balaban J connectivity index is 2.13. The van der Waals surface area contributed by atoms with Crippen molar-refractivity contribution in [2.45, 2.75) is 33.1 Å². The summed E-state index contributed by atoms with van der Waals surface area (Å²) in [5.41, 5.74) is -1.10. The second-order valence-electron chi connectivity index (χ2n) is 5.21. The van der Waals surface area contributed by atoms with Crippen molar-refractivity contribution in [3.63, 3.8) is 0 Å². The largest absolute Gasteiger partial charge is 0.416 e. The van der Waals surface area contributed by atoms with Crippen LogP contribution in [-0.2, 0) is 19.3 Å². The van der Waals surface area contributed by atoms with Crippen molar-refractivity contribution in [1.29, 1.82) is 0 Å². The van der Waals surface area contributed by atoms with Gasteiger partial charge in [-0.05, 0) is 31.5 Å². The molecule has 136 valence electrons. The first-order valence-electron chi connectivity index (χ1n) is 7.58. The molecule has 0 aliphatic heterocycles. The van der Waals surface area contributed by atoms with Gasteiger partial charge in [-0.25, -0.2) is 14.4 Å². The van der Waals surface area contributed by atoms with E-state index in [1.54, 1.807) is 6.20 Å². The summed E-state index contributed by atoms with van der Waals surface area (Å²) in [6, 6.07) is 2.59. The second kappa shape index (κ2) is 8.28. The predicted molar refractivity (Wildman–Crippen MR) is 89.9 cm³/mol. The Morgan fingerprint density at radius 3 is 2.64 bits per heavy atom. The molecule has 0 bridgehead atoms. The number of halogens is 4. The molecule has 1 heterocycles. The fraction of sp³-hybridized carbons (Fsp3) is 0.375. The maximum absolute atomic E-state index is 13.1. The lowest BCUT2D eigenvalue weighted by Crippen LogP contribution is -2.36. The zero-order valence-electron chi connectivity index (χ0n) is 13.7. The van der Waals surface area contributed by atoms with Crippen LogP contribution in [0.4, 0.5) is 17.6 Å². The van der Waals surface area contributed by atoms with Crippen LogP contribution >= 0.6 is 11.3 Å². The van der Waals surface area contributed by atoms with Crippen LogP contribution in [0.3, 0.4) is 0 Å². The summed E-state index contributed by atoms with van der Waals surface area (Å²) in [6.07, 6.45) is -2.88. The number of aryl methyl sites for hydroxylation is 1. The van der Waals surface area contributed by atoms with Crippen LogP contribution in [0.15, 0.2) is 29.4 Å². The van der Waals surface area contributed by atoms with Gasteiger partial charge < -0.3 is 10.6 Å². The molecule has 0 unspecified atom stereocenters. The van der Waals surface area contributed by atoms with Gasteiger partial charge in [-0.3, -0.25) is 0 Å². The highest BCUT2D eigenvalue weighted by atomic mass is 32.1. The van der Waals surface area contributed by atoms with Crippen LogP contribution in [0, 0.1) is 12.7 Å². The Bertz CT molecular complexity index is 740. The number of nitrogens with zero attached hydrogens (tertiary/aromatic N) is 2. The average Bonchev–Trinajstić information content (AvgIpc) is 2.95. The van der Waals surface area contributed by atoms with Crippen molar-refractivity contribution < 1.29 is 17.6 Å². The van der Waals surface area contributed by atoms with Gasteiger partial charge in [0.2, 0.25) is 0 Å². The first-order chi connectivity index (χ1) is 11.8. The van der Waals surface area contributed by atoms with E-state index < -0.39 is 17.6 Å². The minimum absolute atomic E-state index is 0.0869. The highest BCUT2D eigenvalue weighted by Crippen LogP contribution is 2.32. The SMILES string of the molecule is CCNC(=NCc1ccc(F)cc1C(F)(F)F)NCc1ncc(C)s1. The third-order valence-corrected chi connectivity index (χ3v) is 4.12. The van der Waals surface area contributed by atoms with Gasteiger partial charge in [0.25, 0.3) is 0 Å². The quantitative estimate of drug-likeness (QED) is 0.475. The highest BCUT2D eigenvalue weighted by Gasteiger charge is 2.33. The van der Waals surface area contributed by atoms with Gasteiger partial charge in [0.15, 0.2) is 5.96 Å². The summed E-state index contributed by atoms with van der Waals surface area (Å²) >= 11 is 1.52. The van der Waals surface area contributed by atoms with Crippen molar-refractivity contribution in [3.05, 3.63) is 51.2 Å². The van der Waals surface area contributed by atoms with Gasteiger partial charge in [-0.1, -0.05) is 6.07 Å². The molecule has 0 radical (unpaired) electrons. The lowest BCUT2D eigenvalue weighted by molar-refractivity contribution is -0.138. The van der Waals surface area contributed by atoms with E-state index in [1.807, 2.05) is 13.8 Å². The van der Waals surface area contributed by atoms with E-state index in [0.717, 1.165) is 22.0 Å². The normalized spacial score (nSPS) is 12.3. The van der Waals surface area contributed by atoms with E-state index in [-0.39, 0.29) is 12.1 Å². The predicted octanol–water partition coefficient (Wildman–Crippen LogP) is 3.86. The van der Waals surface area contributed by atoms with E-state index in [1.165, 1.54) is 11.3 Å². The molecule has 1 aromatic carbocycles. The van der Waals surface area contributed by atoms with Crippen LogP contribution in [0.25, 0.3) is 0 Å². The summed E-state index contributed by atoms with van der Waals surface area (Å²) in [5.74, 6) is -0.558. The molecule has 2 aromatic rings. The van der Waals surface area contributed by atoms with Crippen LogP contribution in [0.2, 0.25) is 0 Å². The number of guanidine groups is 1. The molecule has 25 heavy (non-hydrogen) atoms. The smallest absolute Gasteiger partial charge is 0.357 e. The van der Waals surface area contributed by atoms with Crippen molar-refractivity contribution in [3.8, 4) is 0 Å². The molecule has 1 aromatic heterocycles. The van der Waals surface area contributed by atoms with Gasteiger partial charge in [-0.2, -0.15) is 13.2 Å². The van der Waals surface area contributed by atoms with Gasteiger partial charge in [0.05, 0.1) is 18.7 Å². The Morgan fingerprint density at radius 2 is 2.04 bits per heavy atom. The van der Waals surface area contributed by atoms with Crippen LogP contribution < -0.4 is 10.6 Å². The standard InChI is InChI=1S/C16H18F4N4S/c1-3-21-15(24-9-14-22-7-10(2)25-14)23-8-11-4-5-12(17)6-13(11)16(18,19)20/h4-7H,3,8-9H2,1-2H3,(H2,21,23,24). The van der Waals surface area contributed by atoms with E-state index in [2.05, 4.69) is 20.6 Å². The molecule has 0 fully saturated rings. The molecule has 0 saturated carbocycles. The molecular formula is C16H18F4N4S. The van der Waals surface area contributed by atoms with Gasteiger partial charge in [-0.15, -0.1) is 11.3 Å². The van der Waals surface area contributed by atoms with E-state index in [9.17, 15) is 17.6 Å². The minimum Gasteiger partial charge on any atom is -0.357 e. The Hall–Kier alpha value is -2.16. The fourth-order valence-corrected chi connectivity index (χ4v) is 2.83. The third kappa shape index (κ3) is 5.70. The Morgan fingerprint density at radius 1 is 1.28 bits per heavy atom. The first kappa shape index (κ1) is 19.2. The molecular weight excluding hydrogens is 356 g/mol. The topological polar surface area (TPSA) is 49.3 Å². The molecule has 0 atom stereocenters. The van der Waals surface area contributed by atoms with E-state index >= 15 is 0 Å². The fourth-order valence-electron chi connectivity index (χ4n) is 2.10. The summed E-state index contributed by atoms with van der Waals surface area (Å²) in [7, 11) is 0. The zero-order chi connectivity index (χ0) is 18.4. The van der Waals surface area contributed by atoms with Gasteiger partial charge in [0, 0.05) is 17.6 Å². The molecule has 4 nitrogen and oxygen atoms in total. The number of aliphatic imine (C=N–C) groups is 1. The van der Waals surface area contributed by atoms with Gasteiger partial charge in [0.1, 0.15) is 10.8 Å². The van der Waals surface area contributed by atoms with Crippen molar-refractivity contribution in [2.24, 2.45) is 4.99 Å². The summed E-state index contributed by atoms with van der Waals surface area (Å²) in [6.45, 7) is 4.54. The number of hydrogen-bond donors (Lipinski definition) is 2. The van der Waals surface area contributed by atoms with E-state index in [0.29, 0.717) is 25.1 Å². The van der Waals surface area contributed by atoms with Crippen LogP contribution in [-0.4, -0.2) is 17.5 Å². The summed E-state index contributed by atoms with van der Waals surface area (Å²) < 4.78 is 52.2. The van der Waals surface area contributed by atoms with Crippen LogP contribution in [0.1, 0.15) is 27.9 Å². The number of aromatic nitrogens is 1. The molecule has 9 heteroatoms. The number of rotatable bonds is 5. The second-order valence-corrected chi connectivity index (χ2v) is 6.53. The Kier molecular flexibility index (Phi) is 6.35. The average molecular weight is 374 g/mol. The van der Waals surface area contributed by atoms with Crippen LogP contribution in [0.5, 0.6) is 0 Å². The lowest BCUT2D eigenvalue weighted by Gasteiger charge is -2.13. The monoisotopic (exact) mass is 374 g/mol. The van der Waals surface area contributed by atoms with Gasteiger partial charge >= 0.3 is 6.18 Å². The molecule has 0 spiro atoms. The molecule has 0 amide bonds. The number of benzene rings is 1. The summed E-state index contributed by atoms with van der Waals surface area (Å²) in [4.78, 5) is 9.43. The molecule has 0 aliphatic rings. The molecule has 2 N–H and O–H groups in total. The maximum atomic E-state index is 13.1. The molecule has 0 aliphatic carbocycles. The third-order valence-electron chi connectivity index (χ3n) is 3.21. The molecule has 0 saturated heterocycles. The maximum Gasteiger partial charge on any atom is 0.416 e. The first-order valence-corrected chi connectivity index (χ1v) is 8.40. The number of hydrogen-bond acceptors (Lipinski definition) is 3. The van der Waals surface area contributed by atoms with Crippen molar-refractivity contribution in [2.75, 3.05) is 6.54 Å². The highest BCUT2D eigenvalue weighted by molar-refractivity contribution is 7.11. The van der Waals surface area contributed by atoms with Crippen molar-refractivity contribution in [1.82, 2.24) is 15.6 Å². The number of nitrogens with one attached hydrogen (secondary N) is 2. The lowest BCUT2D eigenvalue weighted by atomic mass is 10.1. The number of thiazole rings is 1. The Labute approximate surface area is 147 Å². The van der Waals surface area contributed by atoms with Crippen molar-refractivity contribution >= 4 is 17.3 Å². The molecule has 2 rings (SSSR count).